The summed E-state index contributed by atoms with van der Waals surface area (Å²) in [6.07, 6.45) is 6.41. The Morgan fingerprint density at radius 3 is 2.14 bits per heavy atom. The molecule has 1 aliphatic rings. The van der Waals surface area contributed by atoms with Crippen LogP contribution < -0.4 is 0 Å². The summed E-state index contributed by atoms with van der Waals surface area (Å²) in [5.41, 5.74) is 0. The number of Topliss-reactive ketones (excluding diaryl/α,β-unsaturated/α-hetero) is 1. The topological polar surface area (TPSA) is 17.1 Å². The highest BCUT2D eigenvalue weighted by Crippen LogP contribution is 2.10. The molecular formula is C6H8O. The Balaban J connectivity index is 2.25. The normalized spacial score (nSPS) is 22.6. The molecule has 0 aliphatic heterocycles. The molecule has 0 atom stereocenters. The first-order valence-corrected chi connectivity index (χ1v) is 2.54. The molecule has 0 aromatic carbocycles. The smallest absolute Gasteiger partial charge is 0.133 e. The van der Waals surface area contributed by atoms with Crippen LogP contribution in [0, 0.1) is 12.8 Å². The Bertz CT molecular complexity index is 68.2. The van der Waals surface area contributed by atoms with Crippen molar-refractivity contribution in [2.45, 2.75) is 19.3 Å². The van der Waals surface area contributed by atoms with Gasteiger partial charge < -0.3 is 0 Å². The SMILES string of the molecule is O=C1C[CH]C[CH]C1. The second kappa shape index (κ2) is 2.10. The first-order chi connectivity index (χ1) is 3.39. The molecule has 0 unspecified atom stereocenters. The average Bonchev–Trinajstić information content (AvgIpc) is 1.69. The van der Waals surface area contributed by atoms with Crippen LogP contribution in [0.1, 0.15) is 19.3 Å². The van der Waals surface area contributed by atoms with E-state index >= 15 is 0 Å². The van der Waals surface area contributed by atoms with Crippen molar-refractivity contribution in [2.24, 2.45) is 0 Å². The zero-order valence-electron chi connectivity index (χ0n) is 4.18. The van der Waals surface area contributed by atoms with Gasteiger partial charge in [0.15, 0.2) is 0 Å². The molecule has 1 fully saturated rings. The van der Waals surface area contributed by atoms with Gasteiger partial charge in [-0.3, -0.25) is 4.79 Å². The fourth-order valence-corrected chi connectivity index (χ4v) is 0.690. The predicted octanol–water partition coefficient (Wildman–Crippen LogP) is 1.15. The minimum Gasteiger partial charge on any atom is -0.300 e. The standard InChI is InChI=1S/C6H8O/c7-6-4-2-1-3-5-6/h2-3H,1,4-5H2. The molecule has 0 saturated heterocycles. The average molecular weight is 96.1 g/mol. The summed E-state index contributed by atoms with van der Waals surface area (Å²) in [7, 11) is 0. The molecule has 1 heteroatoms. The molecule has 0 aromatic rings. The lowest BCUT2D eigenvalue weighted by molar-refractivity contribution is -0.118. The number of carbonyl (C=O) groups excluding carboxylic acids is 1. The maximum atomic E-state index is 10.4. The number of hydrogen-bond donors (Lipinski definition) is 0. The molecule has 0 aromatic heterocycles. The summed E-state index contributed by atoms with van der Waals surface area (Å²) in [6.45, 7) is 0. The summed E-state index contributed by atoms with van der Waals surface area (Å²) in [6, 6.07) is 0. The number of rotatable bonds is 0. The van der Waals surface area contributed by atoms with E-state index in [1.807, 2.05) is 12.8 Å². The van der Waals surface area contributed by atoms with Gasteiger partial charge in [0.05, 0.1) is 0 Å². The fourth-order valence-electron chi connectivity index (χ4n) is 0.690. The van der Waals surface area contributed by atoms with Gasteiger partial charge in [-0.25, -0.2) is 0 Å². The van der Waals surface area contributed by atoms with Crippen molar-refractivity contribution in [3.63, 3.8) is 0 Å². The highest BCUT2D eigenvalue weighted by Gasteiger charge is 2.06. The Kier molecular flexibility index (Phi) is 1.45. The predicted molar refractivity (Wildman–Crippen MR) is 27.5 cm³/mol. The van der Waals surface area contributed by atoms with Gasteiger partial charge in [0.2, 0.25) is 0 Å². The van der Waals surface area contributed by atoms with Gasteiger partial charge in [-0.05, 0) is 19.3 Å². The molecule has 0 N–H and O–H groups in total. The van der Waals surface area contributed by atoms with Gasteiger partial charge in [-0.2, -0.15) is 0 Å². The molecule has 0 bridgehead atoms. The second-order valence-corrected chi connectivity index (χ2v) is 1.76. The van der Waals surface area contributed by atoms with Crippen LogP contribution in [0.2, 0.25) is 0 Å². The van der Waals surface area contributed by atoms with Crippen molar-refractivity contribution in [1.82, 2.24) is 0 Å². The van der Waals surface area contributed by atoms with Crippen LogP contribution in [-0.4, -0.2) is 5.78 Å². The zero-order chi connectivity index (χ0) is 5.11. The molecule has 2 radical (unpaired) electrons. The van der Waals surface area contributed by atoms with Crippen molar-refractivity contribution in [1.29, 1.82) is 0 Å². The summed E-state index contributed by atoms with van der Waals surface area (Å²) in [4.78, 5) is 10.4. The van der Waals surface area contributed by atoms with Crippen LogP contribution in [0.15, 0.2) is 0 Å². The van der Waals surface area contributed by atoms with Gasteiger partial charge >= 0.3 is 0 Å². The van der Waals surface area contributed by atoms with E-state index in [0.29, 0.717) is 18.6 Å². The first-order valence-electron chi connectivity index (χ1n) is 2.54. The Labute approximate surface area is 43.7 Å². The maximum absolute atomic E-state index is 10.4. The third-order valence-corrected chi connectivity index (χ3v) is 1.08. The highest BCUT2D eigenvalue weighted by atomic mass is 16.1. The number of hydrogen-bond acceptors (Lipinski definition) is 1. The third kappa shape index (κ3) is 1.30. The van der Waals surface area contributed by atoms with Crippen molar-refractivity contribution in [3.05, 3.63) is 12.8 Å². The minimum atomic E-state index is 0.353. The van der Waals surface area contributed by atoms with Crippen LogP contribution in [0.5, 0.6) is 0 Å². The molecule has 0 amide bonds. The molecule has 38 valence electrons. The minimum absolute atomic E-state index is 0.353. The van der Waals surface area contributed by atoms with E-state index in [2.05, 4.69) is 0 Å². The van der Waals surface area contributed by atoms with Crippen molar-refractivity contribution in [3.8, 4) is 0 Å². The first kappa shape index (κ1) is 4.82. The molecule has 1 rings (SSSR count). The van der Waals surface area contributed by atoms with Crippen LogP contribution in [0.4, 0.5) is 0 Å². The molecule has 0 heterocycles. The molecule has 1 saturated carbocycles. The Hall–Kier alpha value is -0.330. The van der Waals surface area contributed by atoms with Gasteiger partial charge in [-0.15, -0.1) is 0 Å². The third-order valence-electron chi connectivity index (χ3n) is 1.08. The molecule has 1 nitrogen and oxygen atoms in total. The summed E-state index contributed by atoms with van der Waals surface area (Å²) in [5.74, 6) is 0.353. The van der Waals surface area contributed by atoms with Crippen LogP contribution >= 0.6 is 0 Å². The second-order valence-electron chi connectivity index (χ2n) is 1.76. The van der Waals surface area contributed by atoms with E-state index in [1.54, 1.807) is 0 Å². The van der Waals surface area contributed by atoms with E-state index in [1.165, 1.54) is 0 Å². The fraction of sp³-hybridized carbons (Fsp3) is 0.500. The van der Waals surface area contributed by atoms with Gasteiger partial charge in [0, 0.05) is 12.8 Å². The number of carbonyl (C=O) groups is 1. The van der Waals surface area contributed by atoms with Crippen molar-refractivity contribution >= 4 is 5.78 Å². The molecular weight excluding hydrogens is 88.1 g/mol. The van der Waals surface area contributed by atoms with E-state index in [9.17, 15) is 4.79 Å². The van der Waals surface area contributed by atoms with E-state index in [4.69, 9.17) is 0 Å². The summed E-state index contributed by atoms with van der Waals surface area (Å²) >= 11 is 0. The van der Waals surface area contributed by atoms with Crippen molar-refractivity contribution < 1.29 is 4.79 Å². The van der Waals surface area contributed by atoms with Gasteiger partial charge in [-0.1, -0.05) is 0 Å². The molecule has 7 heavy (non-hydrogen) atoms. The van der Waals surface area contributed by atoms with E-state index in [0.717, 1.165) is 6.42 Å². The lowest BCUT2D eigenvalue weighted by Crippen LogP contribution is -2.03. The quantitative estimate of drug-likeness (QED) is 0.442. The van der Waals surface area contributed by atoms with E-state index < -0.39 is 0 Å². The Morgan fingerprint density at radius 1 is 1.29 bits per heavy atom. The summed E-state index contributed by atoms with van der Waals surface area (Å²) in [5, 5.41) is 0. The van der Waals surface area contributed by atoms with Crippen LogP contribution in [0.3, 0.4) is 0 Å². The zero-order valence-corrected chi connectivity index (χ0v) is 4.18. The van der Waals surface area contributed by atoms with Crippen LogP contribution in [0.25, 0.3) is 0 Å². The van der Waals surface area contributed by atoms with Gasteiger partial charge in [0.1, 0.15) is 5.78 Å². The molecule has 1 aliphatic carbocycles. The maximum Gasteiger partial charge on any atom is 0.133 e. The largest absolute Gasteiger partial charge is 0.300 e. The number of ketones is 1. The Morgan fingerprint density at radius 2 is 1.86 bits per heavy atom. The summed E-state index contributed by atoms with van der Waals surface area (Å²) < 4.78 is 0. The molecule has 0 spiro atoms. The monoisotopic (exact) mass is 96.1 g/mol. The lowest BCUT2D eigenvalue weighted by atomic mass is 10.00. The van der Waals surface area contributed by atoms with Gasteiger partial charge in [0.25, 0.3) is 0 Å². The van der Waals surface area contributed by atoms with Crippen LogP contribution in [-0.2, 0) is 4.79 Å². The van der Waals surface area contributed by atoms with Crippen molar-refractivity contribution in [2.75, 3.05) is 0 Å². The van der Waals surface area contributed by atoms with E-state index in [-0.39, 0.29) is 0 Å². The lowest BCUT2D eigenvalue weighted by Gasteiger charge is -2.04. The highest BCUT2D eigenvalue weighted by molar-refractivity contribution is 5.81.